The Bertz CT molecular complexity index is 897. The largest absolute Gasteiger partial charge is 0.356 e. The molecule has 2 amide bonds. The second kappa shape index (κ2) is 12.7. The fourth-order valence-electron chi connectivity index (χ4n) is 4.97. The summed E-state index contributed by atoms with van der Waals surface area (Å²) in [4.78, 5) is 32.3. The summed E-state index contributed by atoms with van der Waals surface area (Å²) in [7, 11) is 0. The van der Waals surface area contributed by atoms with Gasteiger partial charge in [-0.1, -0.05) is 60.7 Å². The fraction of sp³-hybridized carbons (Fsp3) is 0.500. The number of carbonyl (C=O) groups excluding carboxylic acids is 2. The zero-order valence-electron chi connectivity index (χ0n) is 20.2. The SMILES string of the molecule is O=C(NCCCN1CCN(Cc2ccccc2)CC1)C1CCCN(C(=O)Cc2ccccc2)C1. The highest BCUT2D eigenvalue weighted by Crippen LogP contribution is 2.18. The number of benzene rings is 2. The third kappa shape index (κ3) is 7.40. The number of piperazine rings is 1. The molecule has 0 bridgehead atoms. The number of nitrogens with one attached hydrogen (secondary N) is 1. The van der Waals surface area contributed by atoms with Gasteiger partial charge in [-0.2, -0.15) is 0 Å². The van der Waals surface area contributed by atoms with Crippen LogP contribution in [0.5, 0.6) is 0 Å². The van der Waals surface area contributed by atoms with Gasteiger partial charge in [-0.05, 0) is 36.9 Å². The highest BCUT2D eigenvalue weighted by Gasteiger charge is 2.28. The van der Waals surface area contributed by atoms with Gasteiger partial charge >= 0.3 is 0 Å². The molecule has 34 heavy (non-hydrogen) atoms. The summed E-state index contributed by atoms with van der Waals surface area (Å²) in [6, 6.07) is 20.5. The Hall–Kier alpha value is -2.70. The standard InChI is InChI=1S/C28H38N4O2/c33-27(21-24-9-3-1-4-10-24)32-16-7-13-26(23-32)28(34)29-14-8-15-30-17-19-31(20-18-30)22-25-11-5-2-6-12-25/h1-6,9-12,26H,7-8,13-23H2,(H,29,34). The molecule has 6 heteroatoms. The number of amides is 2. The highest BCUT2D eigenvalue weighted by molar-refractivity contribution is 5.82. The van der Waals surface area contributed by atoms with Crippen molar-refractivity contribution in [3.8, 4) is 0 Å². The maximum Gasteiger partial charge on any atom is 0.227 e. The highest BCUT2D eigenvalue weighted by atomic mass is 16.2. The van der Waals surface area contributed by atoms with Crippen molar-refractivity contribution in [3.63, 3.8) is 0 Å². The van der Waals surface area contributed by atoms with Crippen LogP contribution >= 0.6 is 0 Å². The van der Waals surface area contributed by atoms with Crippen molar-refractivity contribution in [2.45, 2.75) is 32.2 Å². The molecule has 0 aliphatic carbocycles. The minimum absolute atomic E-state index is 0.0880. The maximum atomic E-state index is 12.7. The Morgan fingerprint density at radius 1 is 0.824 bits per heavy atom. The minimum Gasteiger partial charge on any atom is -0.356 e. The molecule has 2 aromatic rings. The molecule has 2 heterocycles. The molecular formula is C28H38N4O2. The Morgan fingerprint density at radius 2 is 1.47 bits per heavy atom. The smallest absolute Gasteiger partial charge is 0.227 e. The van der Waals surface area contributed by atoms with E-state index in [-0.39, 0.29) is 17.7 Å². The van der Waals surface area contributed by atoms with Gasteiger partial charge in [0.2, 0.25) is 11.8 Å². The molecule has 2 aliphatic rings. The predicted octanol–water partition coefficient (Wildman–Crippen LogP) is 2.79. The molecular weight excluding hydrogens is 424 g/mol. The molecule has 2 fully saturated rings. The molecule has 0 aromatic heterocycles. The second-order valence-electron chi connectivity index (χ2n) is 9.59. The summed E-state index contributed by atoms with van der Waals surface area (Å²) < 4.78 is 0. The molecule has 0 saturated carbocycles. The van der Waals surface area contributed by atoms with Gasteiger partial charge in [-0.15, -0.1) is 0 Å². The van der Waals surface area contributed by atoms with Gasteiger partial charge in [0.05, 0.1) is 12.3 Å². The first-order valence-electron chi connectivity index (χ1n) is 12.8. The van der Waals surface area contributed by atoms with Crippen LogP contribution in [-0.2, 0) is 22.6 Å². The van der Waals surface area contributed by atoms with Crippen LogP contribution in [-0.4, -0.2) is 78.9 Å². The molecule has 4 rings (SSSR count). The predicted molar refractivity (Wildman–Crippen MR) is 135 cm³/mol. The molecule has 1 N–H and O–H groups in total. The van der Waals surface area contributed by atoms with E-state index in [0.717, 1.165) is 70.6 Å². The number of piperidine rings is 1. The van der Waals surface area contributed by atoms with Crippen LogP contribution in [0.25, 0.3) is 0 Å². The van der Waals surface area contributed by atoms with Crippen LogP contribution in [0, 0.1) is 5.92 Å². The van der Waals surface area contributed by atoms with Gasteiger partial charge in [-0.3, -0.25) is 14.5 Å². The van der Waals surface area contributed by atoms with Gasteiger partial charge in [0, 0.05) is 52.4 Å². The van der Waals surface area contributed by atoms with Crippen LogP contribution in [0.4, 0.5) is 0 Å². The van der Waals surface area contributed by atoms with Gasteiger partial charge in [-0.25, -0.2) is 0 Å². The molecule has 0 spiro atoms. The number of likely N-dealkylation sites (tertiary alicyclic amines) is 1. The van der Waals surface area contributed by atoms with Gasteiger partial charge < -0.3 is 15.1 Å². The Labute approximate surface area is 203 Å². The third-order valence-electron chi connectivity index (χ3n) is 7.01. The lowest BCUT2D eigenvalue weighted by Crippen LogP contribution is -2.47. The number of hydrogen-bond acceptors (Lipinski definition) is 4. The van der Waals surface area contributed by atoms with E-state index in [0.29, 0.717) is 19.5 Å². The molecule has 1 unspecified atom stereocenters. The van der Waals surface area contributed by atoms with E-state index >= 15 is 0 Å². The van der Waals surface area contributed by atoms with Crippen LogP contribution in [0.3, 0.4) is 0 Å². The average Bonchev–Trinajstić information content (AvgIpc) is 2.89. The van der Waals surface area contributed by atoms with E-state index in [2.05, 4.69) is 45.4 Å². The van der Waals surface area contributed by atoms with Crippen LogP contribution in [0.1, 0.15) is 30.4 Å². The lowest BCUT2D eigenvalue weighted by Gasteiger charge is -2.35. The van der Waals surface area contributed by atoms with Gasteiger partial charge in [0.15, 0.2) is 0 Å². The van der Waals surface area contributed by atoms with E-state index in [1.165, 1.54) is 5.56 Å². The zero-order chi connectivity index (χ0) is 23.6. The first-order valence-corrected chi connectivity index (χ1v) is 12.8. The van der Waals surface area contributed by atoms with Crippen molar-refractivity contribution >= 4 is 11.8 Å². The third-order valence-corrected chi connectivity index (χ3v) is 7.01. The minimum atomic E-state index is -0.0880. The van der Waals surface area contributed by atoms with E-state index in [1.807, 2.05) is 35.2 Å². The average molecular weight is 463 g/mol. The van der Waals surface area contributed by atoms with Crippen molar-refractivity contribution in [3.05, 3.63) is 71.8 Å². The molecule has 1 atom stereocenters. The normalized spacial score (nSPS) is 19.6. The zero-order valence-corrected chi connectivity index (χ0v) is 20.2. The van der Waals surface area contributed by atoms with E-state index in [1.54, 1.807) is 0 Å². The molecule has 6 nitrogen and oxygen atoms in total. The molecule has 2 aromatic carbocycles. The molecule has 2 saturated heterocycles. The van der Waals surface area contributed by atoms with Crippen molar-refractivity contribution in [2.75, 3.05) is 52.4 Å². The molecule has 182 valence electrons. The Morgan fingerprint density at radius 3 is 2.18 bits per heavy atom. The summed E-state index contributed by atoms with van der Waals surface area (Å²) >= 11 is 0. The number of hydrogen-bond donors (Lipinski definition) is 1. The lowest BCUT2D eigenvalue weighted by atomic mass is 9.96. The van der Waals surface area contributed by atoms with Crippen LogP contribution in [0.2, 0.25) is 0 Å². The first-order chi connectivity index (χ1) is 16.7. The van der Waals surface area contributed by atoms with E-state index in [9.17, 15) is 9.59 Å². The first kappa shape index (κ1) is 24.4. The quantitative estimate of drug-likeness (QED) is 0.583. The van der Waals surface area contributed by atoms with Crippen LogP contribution in [0.15, 0.2) is 60.7 Å². The molecule has 2 aliphatic heterocycles. The topological polar surface area (TPSA) is 55.9 Å². The van der Waals surface area contributed by atoms with Gasteiger partial charge in [0.25, 0.3) is 0 Å². The second-order valence-corrected chi connectivity index (χ2v) is 9.59. The summed E-state index contributed by atoms with van der Waals surface area (Å²) in [5, 5.41) is 3.13. The summed E-state index contributed by atoms with van der Waals surface area (Å²) in [5.41, 5.74) is 2.40. The summed E-state index contributed by atoms with van der Waals surface area (Å²) in [6.45, 7) is 8.41. The van der Waals surface area contributed by atoms with Crippen molar-refractivity contribution in [2.24, 2.45) is 5.92 Å². The van der Waals surface area contributed by atoms with Crippen molar-refractivity contribution in [1.29, 1.82) is 0 Å². The van der Waals surface area contributed by atoms with E-state index < -0.39 is 0 Å². The van der Waals surface area contributed by atoms with Crippen molar-refractivity contribution in [1.82, 2.24) is 20.0 Å². The fourth-order valence-corrected chi connectivity index (χ4v) is 4.97. The summed E-state index contributed by atoms with van der Waals surface area (Å²) in [5.74, 6) is 0.134. The lowest BCUT2D eigenvalue weighted by molar-refractivity contribution is -0.135. The monoisotopic (exact) mass is 462 g/mol. The number of nitrogens with zero attached hydrogens (tertiary/aromatic N) is 3. The van der Waals surface area contributed by atoms with E-state index in [4.69, 9.17) is 0 Å². The maximum absolute atomic E-state index is 12.7. The number of rotatable bonds is 9. The Balaban J connectivity index is 1.10. The Kier molecular flexibility index (Phi) is 9.11. The van der Waals surface area contributed by atoms with Crippen LogP contribution < -0.4 is 5.32 Å². The van der Waals surface area contributed by atoms with Crippen molar-refractivity contribution < 1.29 is 9.59 Å². The van der Waals surface area contributed by atoms with Gasteiger partial charge in [0.1, 0.15) is 0 Å². The number of carbonyl (C=O) groups is 2. The summed E-state index contributed by atoms with van der Waals surface area (Å²) in [6.07, 6.45) is 3.14. The molecule has 0 radical (unpaired) electrons.